The van der Waals surface area contributed by atoms with Crippen LogP contribution < -0.4 is 4.57 Å². The van der Waals surface area contributed by atoms with Crippen LogP contribution in [0.4, 0.5) is 13.2 Å². The number of pyridine rings is 1. The molecule has 2 aromatic rings. The highest BCUT2D eigenvalue weighted by Crippen LogP contribution is 2.21. The van der Waals surface area contributed by atoms with Crippen LogP contribution in [0.1, 0.15) is 17.4 Å². The molecule has 96 valence electrons. The highest BCUT2D eigenvalue weighted by Gasteiger charge is 2.37. The molecule has 2 heterocycles. The molecule has 0 bridgehead atoms. The van der Waals surface area contributed by atoms with E-state index in [-0.39, 0.29) is 11.3 Å². The van der Waals surface area contributed by atoms with Gasteiger partial charge >= 0.3 is 12.1 Å². The molecule has 1 N–H and O–H groups in total. The van der Waals surface area contributed by atoms with E-state index >= 15 is 0 Å². The summed E-state index contributed by atoms with van der Waals surface area (Å²) in [6.07, 6.45) is -3.05. The quantitative estimate of drug-likeness (QED) is 0.659. The summed E-state index contributed by atoms with van der Waals surface area (Å²) in [7, 11) is 0. The van der Waals surface area contributed by atoms with Crippen molar-refractivity contribution in [3.05, 3.63) is 30.1 Å². The summed E-state index contributed by atoms with van der Waals surface area (Å²) in [6.45, 7) is -0.161. The predicted octanol–water partition coefficient (Wildman–Crippen LogP) is 1.70. The van der Waals surface area contributed by atoms with Crippen LogP contribution in [-0.2, 0) is 6.54 Å². The Hall–Kier alpha value is -2.05. The van der Waals surface area contributed by atoms with Crippen LogP contribution in [0.15, 0.2) is 24.4 Å². The van der Waals surface area contributed by atoms with Crippen LogP contribution >= 0.6 is 0 Å². The number of ketones is 1. The van der Waals surface area contributed by atoms with Crippen LogP contribution in [-0.4, -0.2) is 21.5 Å². The molecule has 4 nitrogen and oxygen atoms in total. The Balaban J connectivity index is 2.73. The molecule has 7 heteroatoms. The van der Waals surface area contributed by atoms with E-state index in [1.165, 1.54) is 29.7 Å². The Labute approximate surface area is 99.9 Å². The van der Waals surface area contributed by atoms with Crippen molar-refractivity contribution in [2.75, 3.05) is 0 Å². The van der Waals surface area contributed by atoms with Gasteiger partial charge in [0.1, 0.15) is 0 Å². The Morgan fingerprint density at radius 2 is 2.11 bits per heavy atom. The Kier molecular flexibility index (Phi) is 2.76. The highest BCUT2D eigenvalue weighted by atomic mass is 19.4. The highest BCUT2D eigenvalue weighted by molar-refractivity contribution is 5.94. The molecular weight excluding hydrogens is 249 g/mol. The Morgan fingerprint density at radius 1 is 1.44 bits per heavy atom. The molecule has 0 saturated carbocycles. The zero-order valence-electron chi connectivity index (χ0n) is 9.40. The molecule has 0 saturated heterocycles. The molecule has 2 rings (SSSR count). The maximum absolute atomic E-state index is 12.4. The number of hydrogen-bond acceptors (Lipinski definition) is 2. The van der Waals surface area contributed by atoms with Crippen molar-refractivity contribution < 1.29 is 27.6 Å². The second kappa shape index (κ2) is 4.01. The molecule has 0 radical (unpaired) electrons. The fraction of sp³-hybridized carbons (Fsp3) is 0.273. The number of aromatic nitrogens is 2. The third-order valence-corrected chi connectivity index (χ3v) is 2.49. The summed E-state index contributed by atoms with van der Waals surface area (Å²) in [4.78, 5) is 11.4. The SMILES string of the molecule is CC(=O)c1c(O)[n+](CC(F)(F)F)c2ccccn12. The van der Waals surface area contributed by atoms with Gasteiger partial charge in [0, 0.05) is 13.0 Å². The summed E-state index contributed by atoms with van der Waals surface area (Å²) >= 11 is 0. The summed E-state index contributed by atoms with van der Waals surface area (Å²) in [5.41, 5.74) is -0.0487. The van der Waals surface area contributed by atoms with Crippen molar-refractivity contribution in [3.8, 4) is 5.88 Å². The second-order valence-corrected chi connectivity index (χ2v) is 3.86. The standard InChI is InChI=1S/C11H9F3N2O2/c1-7(17)9-10(18)16(6-11(12,13)14)8-4-2-3-5-15(8)9/h2-5H,6H2,1H3/p+1. The van der Waals surface area contributed by atoms with Gasteiger partial charge in [-0.05, 0) is 6.07 Å². The topological polar surface area (TPSA) is 45.6 Å². The van der Waals surface area contributed by atoms with Gasteiger partial charge in [0.05, 0.1) is 6.20 Å². The third-order valence-electron chi connectivity index (χ3n) is 2.49. The van der Waals surface area contributed by atoms with Crippen LogP contribution in [0.3, 0.4) is 0 Å². The first kappa shape index (κ1) is 12.4. The van der Waals surface area contributed by atoms with Gasteiger partial charge in [0.2, 0.25) is 5.78 Å². The monoisotopic (exact) mass is 259 g/mol. The number of alkyl halides is 3. The smallest absolute Gasteiger partial charge is 0.426 e. The molecule has 0 aliphatic heterocycles. The lowest BCUT2D eigenvalue weighted by Crippen LogP contribution is -2.40. The number of fused-ring (bicyclic) bond motifs is 1. The van der Waals surface area contributed by atoms with Gasteiger partial charge < -0.3 is 5.11 Å². The summed E-state index contributed by atoms with van der Waals surface area (Å²) in [6, 6.07) is 4.50. The molecule has 2 aromatic heterocycles. The van der Waals surface area contributed by atoms with Crippen LogP contribution in [0, 0.1) is 0 Å². The fourth-order valence-electron chi connectivity index (χ4n) is 1.85. The molecule has 0 amide bonds. The first-order valence-corrected chi connectivity index (χ1v) is 5.11. The van der Waals surface area contributed by atoms with Gasteiger partial charge in [0.25, 0.3) is 11.3 Å². The number of rotatable bonds is 2. The molecule has 0 atom stereocenters. The molecule has 0 spiro atoms. The number of Topliss-reactive ketones (excluding diaryl/α,β-unsaturated/α-hetero) is 1. The number of aromatic hydroxyl groups is 1. The second-order valence-electron chi connectivity index (χ2n) is 3.86. The van der Waals surface area contributed by atoms with E-state index in [9.17, 15) is 23.1 Å². The van der Waals surface area contributed by atoms with Gasteiger partial charge in [-0.15, -0.1) is 0 Å². The van der Waals surface area contributed by atoms with E-state index in [0.717, 1.165) is 0 Å². The number of nitrogens with zero attached hydrogens (tertiary/aromatic N) is 2. The van der Waals surface area contributed by atoms with Gasteiger partial charge in [-0.1, -0.05) is 6.07 Å². The minimum absolute atomic E-state index is 0.109. The van der Waals surface area contributed by atoms with Gasteiger partial charge in [-0.3, -0.25) is 4.79 Å². The van der Waals surface area contributed by atoms with Gasteiger partial charge in [-0.2, -0.15) is 22.1 Å². The van der Waals surface area contributed by atoms with E-state index in [0.29, 0.717) is 4.57 Å². The number of carbonyl (C=O) groups excluding carboxylic acids is 1. The zero-order chi connectivity index (χ0) is 13.5. The Morgan fingerprint density at radius 3 is 2.67 bits per heavy atom. The van der Waals surface area contributed by atoms with E-state index in [1.54, 1.807) is 6.07 Å². The molecule has 0 fully saturated rings. The van der Waals surface area contributed by atoms with E-state index < -0.39 is 24.4 Å². The average molecular weight is 259 g/mol. The normalized spacial score (nSPS) is 12.0. The summed E-state index contributed by atoms with van der Waals surface area (Å²) < 4.78 is 39.2. The van der Waals surface area contributed by atoms with Crippen LogP contribution in [0.5, 0.6) is 5.88 Å². The van der Waals surface area contributed by atoms with E-state index in [4.69, 9.17) is 0 Å². The maximum Gasteiger partial charge on any atom is 0.426 e. The maximum atomic E-state index is 12.4. The lowest BCUT2D eigenvalue weighted by Gasteiger charge is -2.03. The zero-order valence-corrected chi connectivity index (χ0v) is 9.40. The first-order valence-electron chi connectivity index (χ1n) is 5.11. The third kappa shape index (κ3) is 2.03. The predicted molar refractivity (Wildman–Crippen MR) is 55.3 cm³/mol. The van der Waals surface area contributed by atoms with E-state index in [1.807, 2.05) is 0 Å². The molecule has 0 aliphatic carbocycles. The lowest BCUT2D eigenvalue weighted by molar-refractivity contribution is -0.700. The number of carbonyl (C=O) groups is 1. The fourth-order valence-corrected chi connectivity index (χ4v) is 1.85. The van der Waals surface area contributed by atoms with Crippen molar-refractivity contribution in [2.45, 2.75) is 19.6 Å². The van der Waals surface area contributed by atoms with Crippen molar-refractivity contribution in [2.24, 2.45) is 0 Å². The number of halogens is 3. The summed E-state index contributed by atoms with van der Waals surface area (Å²) in [5, 5.41) is 9.77. The minimum Gasteiger partial charge on any atom is -0.475 e. The van der Waals surface area contributed by atoms with Crippen LogP contribution in [0.25, 0.3) is 5.65 Å². The van der Waals surface area contributed by atoms with Crippen molar-refractivity contribution in [1.82, 2.24) is 4.40 Å². The molecule has 0 unspecified atom stereocenters. The first-order chi connectivity index (χ1) is 8.31. The molecule has 18 heavy (non-hydrogen) atoms. The van der Waals surface area contributed by atoms with Crippen LogP contribution in [0.2, 0.25) is 0 Å². The Bertz CT molecular complexity index is 617. The molecule has 0 aliphatic rings. The molecular formula is C11H10F3N2O2+. The van der Waals surface area contributed by atoms with Gasteiger partial charge in [-0.25, -0.2) is 0 Å². The lowest BCUT2D eigenvalue weighted by atomic mass is 10.3. The van der Waals surface area contributed by atoms with Crippen molar-refractivity contribution in [1.29, 1.82) is 0 Å². The largest absolute Gasteiger partial charge is 0.475 e. The van der Waals surface area contributed by atoms with E-state index in [2.05, 4.69) is 0 Å². The van der Waals surface area contributed by atoms with Crippen molar-refractivity contribution in [3.63, 3.8) is 0 Å². The average Bonchev–Trinajstić information content (AvgIpc) is 2.50. The minimum atomic E-state index is -4.48. The van der Waals surface area contributed by atoms with Crippen molar-refractivity contribution >= 4 is 11.4 Å². The number of imidazole rings is 1. The van der Waals surface area contributed by atoms with Gasteiger partial charge in [0.15, 0.2) is 6.54 Å². The molecule has 0 aromatic carbocycles. The summed E-state index contributed by atoms with van der Waals surface area (Å²) in [5.74, 6) is -1.18. The number of hydrogen-bond donors (Lipinski definition) is 1.